The van der Waals surface area contributed by atoms with Gasteiger partial charge in [0, 0.05) is 10.0 Å². The fraction of sp³-hybridized carbons (Fsp3) is 0.200. The Morgan fingerprint density at radius 2 is 1.83 bits per heavy atom. The number of aliphatic hydroxyl groups excluding tert-OH is 1. The van der Waals surface area contributed by atoms with Crippen molar-refractivity contribution in [2.45, 2.75) is 13.0 Å². The lowest BCUT2D eigenvalue weighted by Crippen LogP contribution is -2.29. The molecule has 36 heavy (non-hydrogen) atoms. The Balaban J connectivity index is 1.68. The number of rotatable bonds is 4. The first-order valence-corrected chi connectivity index (χ1v) is 12.4. The van der Waals surface area contributed by atoms with Crippen LogP contribution in [0.1, 0.15) is 32.5 Å². The highest BCUT2D eigenvalue weighted by atomic mass is 79.9. The first kappa shape index (κ1) is 24.0. The fourth-order valence-electron chi connectivity index (χ4n) is 4.10. The lowest BCUT2D eigenvalue weighted by atomic mass is 9.95. The Morgan fingerprint density at radius 1 is 1.14 bits per heavy atom. The molecule has 3 heterocycles. The summed E-state index contributed by atoms with van der Waals surface area (Å²) in [6.45, 7) is 2.38. The minimum absolute atomic E-state index is 0.105. The number of anilines is 1. The maximum Gasteiger partial charge on any atom is 0.350 e. The van der Waals surface area contributed by atoms with Crippen molar-refractivity contribution in [3.05, 3.63) is 74.2 Å². The maximum atomic E-state index is 13.3. The molecule has 1 saturated heterocycles. The van der Waals surface area contributed by atoms with Crippen molar-refractivity contribution >= 4 is 55.8 Å². The minimum atomic E-state index is -0.984. The number of aryl methyl sites for hydroxylation is 1. The topological polar surface area (TPSA) is 115 Å². The summed E-state index contributed by atoms with van der Waals surface area (Å²) in [5.74, 6) is -1.74. The molecule has 0 bridgehead atoms. The van der Waals surface area contributed by atoms with Crippen LogP contribution in [0.2, 0.25) is 0 Å². The van der Waals surface area contributed by atoms with E-state index in [2.05, 4.69) is 20.9 Å². The molecule has 2 aromatic carbocycles. The normalized spacial score (nSPS) is 18.4. The van der Waals surface area contributed by atoms with Crippen LogP contribution in [0.4, 0.5) is 5.13 Å². The molecule has 11 heteroatoms. The van der Waals surface area contributed by atoms with Crippen LogP contribution in [0, 0.1) is 6.92 Å². The van der Waals surface area contributed by atoms with Crippen LogP contribution in [0.25, 0.3) is 5.76 Å². The molecule has 5 rings (SSSR count). The quantitative estimate of drug-likeness (QED) is 0.212. The maximum absolute atomic E-state index is 13.3. The van der Waals surface area contributed by atoms with Gasteiger partial charge in [-0.3, -0.25) is 14.5 Å². The average molecular weight is 571 g/mol. The van der Waals surface area contributed by atoms with Gasteiger partial charge in [0.1, 0.15) is 23.9 Å². The third kappa shape index (κ3) is 4.03. The number of hydrogen-bond acceptors (Lipinski definition) is 9. The summed E-state index contributed by atoms with van der Waals surface area (Å²) in [5.41, 5.74) is 1.13. The van der Waals surface area contributed by atoms with Crippen LogP contribution in [0.5, 0.6) is 11.5 Å². The van der Waals surface area contributed by atoms with Gasteiger partial charge in [-0.25, -0.2) is 9.78 Å². The van der Waals surface area contributed by atoms with Crippen molar-refractivity contribution in [2.75, 3.05) is 25.2 Å². The number of amides is 1. The summed E-state index contributed by atoms with van der Waals surface area (Å²) in [6.07, 6.45) is 0. The number of ketones is 1. The second-order valence-electron chi connectivity index (χ2n) is 7.98. The number of halogens is 1. The van der Waals surface area contributed by atoms with Gasteiger partial charge in [-0.05, 0) is 42.8 Å². The van der Waals surface area contributed by atoms with Crippen molar-refractivity contribution in [1.82, 2.24) is 4.98 Å². The second-order valence-corrected chi connectivity index (χ2v) is 9.87. The smallest absolute Gasteiger partial charge is 0.350 e. The number of carbonyl (C=O) groups excluding carboxylic acids is 3. The molecule has 1 amide bonds. The summed E-state index contributed by atoms with van der Waals surface area (Å²) in [5, 5.41) is 11.5. The van der Waals surface area contributed by atoms with Gasteiger partial charge in [0.25, 0.3) is 5.78 Å². The molecule has 0 saturated carbocycles. The Kier molecular flexibility index (Phi) is 6.27. The molecular formula is C25H19BrN2O7S. The number of Topliss-reactive ketones (excluding diaryl/α,β-unsaturated/α-hetero) is 1. The van der Waals surface area contributed by atoms with Crippen molar-refractivity contribution in [3.8, 4) is 11.5 Å². The number of carbonyl (C=O) groups is 3. The molecule has 1 fully saturated rings. The van der Waals surface area contributed by atoms with Gasteiger partial charge >= 0.3 is 11.9 Å². The van der Waals surface area contributed by atoms with Crippen LogP contribution in [0.15, 0.2) is 52.5 Å². The van der Waals surface area contributed by atoms with Gasteiger partial charge in [0.05, 0.1) is 24.4 Å². The Labute approximate surface area is 218 Å². The molecule has 0 spiro atoms. The first-order valence-electron chi connectivity index (χ1n) is 10.8. The lowest BCUT2D eigenvalue weighted by Gasteiger charge is -2.23. The van der Waals surface area contributed by atoms with Gasteiger partial charge in [-0.1, -0.05) is 39.4 Å². The molecule has 184 valence electrons. The van der Waals surface area contributed by atoms with Gasteiger partial charge in [0.15, 0.2) is 16.6 Å². The van der Waals surface area contributed by atoms with Crippen LogP contribution in [-0.4, -0.2) is 48.1 Å². The van der Waals surface area contributed by atoms with Crippen molar-refractivity contribution in [2.24, 2.45) is 0 Å². The van der Waals surface area contributed by atoms with E-state index >= 15 is 0 Å². The van der Waals surface area contributed by atoms with Gasteiger partial charge in [-0.2, -0.15) is 0 Å². The number of fused-ring (bicyclic) bond motifs is 1. The number of aromatic nitrogens is 1. The zero-order chi connectivity index (χ0) is 25.6. The van der Waals surface area contributed by atoms with Gasteiger partial charge in [0.2, 0.25) is 0 Å². The predicted molar refractivity (Wildman–Crippen MR) is 135 cm³/mol. The van der Waals surface area contributed by atoms with E-state index in [4.69, 9.17) is 14.2 Å². The number of esters is 1. The van der Waals surface area contributed by atoms with E-state index in [0.717, 1.165) is 15.8 Å². The van der Waals surface area contributed by atoms with Crippen LogP contribution < -0.4 is 14.4 Å². The van der Waals surface area contributed by atoms with Crippen molar-refractivity contribution in [3.63, 3.8) is 0 Å². The molecule has 2 aliphatic heterocycles. The second kappa shape index (κ2) is 9.40. The van der Waals surface area contributed by atoms with Crippen LogP contribution in [0.3, 0.4) is 0 Å². The zero-order valence-electron chi connectivity index (χ0n) is 19.1. The molecule has 0 radical (unpaired) electrons. The number of ether oxygens (including phenoxy) is 3. The largest absolute Gasteiger partial charge is 0.507 e. The lowest BCUT2D eigenvalue weighted by molar-refractivity contribution is -0.132. The average Bonchev–Trinajstić information content (AvgIpc) is 3.40. The monoisotopic (exact) mass is 570 g/mol. The van der Waals surface area contributed by atoms with E-state index in [1.807, 2.05) is 0 Å². The fourth-order valence-corrected chi connectivity index (χ4v) is 5.38. The molecule has 1 atom stereocenters. The molecular weight excluding hydrogens is 552 g/mol. The summed E-state index contributed by atoms with van der Waals surface area (Å²) in [6, 6.07) is 10.8. The Hall–Kier alpha value is -3.70. The molecule has 9 nitrogen and oxygen atoms in total. The summed E-state index contributed by atoms with van der Waals surface area (Å²) >= 11 is 4.34. The summed E-state index contributed by atoms with van der Waals surface area (Å²) in [4.78, 5) is 44.6. The highest BCUT2D eigenvalue weighted by molar-refractivity contribution is 9.10. The molecule has 1 N–H and O–H groups in total. The molecule has 2 aliphatic rings. The van der Waals surface area contributed by atoms with Gasteiger partial charge in [-0.15, -0.1) is 0 Å². The minimum Gasteiger partial charge on any atom is -0.507 e. The molecule has 3 aromatic rings. The Bertz CT molecular complexity index is 1430. The van der Waals surface area contributed by atoms with E-state index in [-0.39, 0.29) is 21.3 Å². The van der Waals surface area contributed by atoms with E-state index < -0.39 is 23.7 Å². The highest BCUT2D eigenvalue weighted by Crippen LogP contribution is 2.45. The summed E-state index contributed by atoms with van der Waals surface area (Å²) in [7, 11) is 1.25. The molecule has 1 unspecified atom stereocenters. The third-order valence-electron chi connectivity index (χ3n) is 5.81. The summed E-state index contributed by atoms with van der Waals surface area (Å²) < 4.78 is 16.8. The first-order chi connectivity index (χ1) is 17.3. The number of benzene rings is 2. The predicted octanol–water partition coefficient (Wildman–Crippen LogP) is 4.40. The molecule has 1 aromatic heterocycles. The Morgan fingerprint density at radius 3 is 2.53 bits per heavy atom. The highest BCUT2D eigenvalue weighted by Gasteiger charge is 2.48. The molecule has 0 aliphatic carbocycles. The number of nitrogens with zero attached hydrogens (tertiary/aromatic N) is 2. The van der Waals surface area contributed by atoms with E-state index in [0.29, 0.717) is 41.5 Å². The number of thiazole rings is 1. The SMILES string of the molecule is COC(=O)c1sc(N2C(=O)C(=O)C(=C(O)c3ccc4c(c3)OCCO4)C2c2ccc(Br)cc2)nc1C. The number of methoxy groups -OCH3 is 1. The standard InChI is InChI=1S/C25H19BrN2O7S/c1-12-22(24(32)33-2)36-25(27-12)28-19(13-3-6-15(26)7-4-13)18(21(30)23(28)31)20(29)14-5-8-16-17(11-14)35-10-9-34-16/h3-8,11,19,29H,9-10H2,1-2H3. The number of aliphatic hydroxyl groups is 1. The van der Waals surface area contributed by atoms with Crippen LogP contribution in [-0.2, 0) is 14.3 Å². The number of hydrogen-bond donors (Lipinski definition) is 1. The van der Waals surface area contributed by atoms with Crippen LogP contribution >= 0.6 is 27.3 Å². The van der Waals surface area contributed by atoms with E-state index in [1.165, 1.54) is 12.0 Å². The van der Waals surface area contributed by atoms with Crippen molar-refractivity contribution in [1.29, 1.82) is 0 Å². The van der Waals surface area contributed by atoms with Crippen molar-refractivity contribution < 1.29 is 33.7 Å². The van der Waals surface area contributed by atoms with E-state index in [9.17, 15) is 19.5 Å². The van der Waals surface area contributed by atoms with Gasteiger partial charge < -0.3 is 19.3 Å². The van der Waals surface area contributed by atoms with E-state index in [1.54, 1.807) is 49.4 Å². The third-order valence-corrected chi connectivity index (χ3v) is 7.47. The zero-order valence-corrected chi connectivity index (χ0v) is 21.5.